The lowest BCUT2D eigenvalue weighted by Crippen LogP contribution is -2.36. The van der Waals surface area contributed by atoms with Gasteiger partial charge < -0.3 is 10.1 Å². The van der Waals surface area contributed by atoms with Crippen LogP contribution in [-0.2, 0) is 16.0 Å². The quantitative estimate of drug-likeness (QED) is 0.847. The Morgan fingerprint density at radius 2 is 1.76 bits per heavy atom. The molecule has 6 nitrogen and oxygen atoms in total. The second-order valence-corrected chi connectivity index (χ2v) is 6.86. The summed E-state index contributed by atoms with van der Waals surface area (Å²) in [7, 11) is 0. The van der Waals surface area contributed by atoms with Crippen LogP contribution in [0.2, 0.25) is 0 Å². The van der Waals surface area contributed by atoms with E-state index in [2.05, 4.69) is 10.6 Å². The van der Waals surface area contributed by atoms with E-state index in [4.69, 9.17) is 4.74 Å². The molecular formula is C17H20F2N2O4. The Morgan fingerprint density at radius 3 is 2.32 bits per heavy atom. The number of rotatable bonds is 2. The predicted octanol–water partition coefficient (Wildman–Crippen LogP) is 3.76. The standard InChI is InChI=1S/C17H20F2N2O4/c1-9(22)20-12-6-5-11(21-15(24)25-16(2,3)4)10-7-8-17(18,19)14(23)13(10)12/h5-6H,7-8H2,1-4H3,(H,20,22)(H,21,24). The fourth-order valence-corrected chi connectivity index (χ4v) is 2.57. The highest BCUT2D eigenvalue weighted by Gasteiger charge is 2.45. The SMILES string of the molecule is CC(=O)Nc1ccc(NC(=O)OC(C)(C)C)c2c1C(=O)C(F)(F)CC2. The number of carbonyl (C=O) groups excluding carboxylic acids is 3. The van der Waals surface area contributed by atoms with Crippen molar-refractivity contribution < 1.29 is 27.9 Å². The van der Waals surface area contributed by atoms with Gasteiger partial charge in [0.15, 0.2) is 0 Å². The molecule has 1 aromatic carbocycles. The van der Waals surface area contributed by atoms with Gasteiger partial charge in [0.05, 0.1) is 11.3 Å². The Balaban J connectivity index is 2.45. The molecule has 136 valence electrons. The first-order valence-corrected chi connectivity index (χ1v) is 7.77. The minimum Gasteiger partial charge on any atom is -0.444 e. The molecule has 0 atom stereocenters. The molecule has 0 aromatic heterocycles. The van der Waals surface area contributed by atoms with E-state index in [1.807, 2.05) is 0 Å². The molecule has 0 spiro atoms. The summed E-state index contributed by atoms with van der Waals surface area (Å²) < 4.78 is 32.8. The Labute approximate surface area is 143 Å². The van der Waals surface area contributed by atoms with Gasteiger partial charge in [0, 0.05) is 19.0 Å². The number of Topliss-reactive ketones (excluding diaryl/α,β-unsaturated/α-hetero) is 1. The molecule has 2 N–H and O–H groups in total. The second-order valence-electron chi connectivity index (χ2n) is 6.86. The van der Waals surface area contributed by atoms with Crippen LogP contribution in [0.15, 0.2) is 12.1 Å². The van der Waals surface area contributed by atoms with Crippen LogP contribution < -0.4 is 10.6 Å². The molecule has 2 amide bonds. The van der Waals surface area contributed by atoms with Gasteiger partial charge in [0.1, 0.15) is 5.60 Å². The Morgan fingerprint density at radius 1 is 1.16 bits per heavy atom. The molecule has 0 fully saturated rings. The number of anilines is 2. The Bertz CT molecular complexity index is 739. The third kappa shape index (κ3) is 4.32. The van der Waals surface area contributed by atoms with Crippen LogP contribution in [0.5, 0.6) is 0 Å². The van der Waals surface area contributed by atoms with Crippen LogP contribution in [0.4, 0.5) is 25.0 Å². The van der Waals surface area contributed by atoms with Crippen LogP contribution in [0.1, 0.15) is 50.0 Å². The van der Waals surface area contributed by atoms with E-state index in [-0.39, 0.29) is 28.9 Å². The molecule has 2 rings (SSSR count). The second kappa shape index (κ2) is 6.42. The zero-order chi connectivity index (χ0) is 19.0. The van der Waals surface area contributed by atoms with E-state index in [0.29, 0.717) is 0 Å². The maximum atomic E-state index is 13.8. The minimum absolute atomic E-state index is 0.00149. The summed E-state index contributed by atoms with van der Waals surface area (Å²) in [5, 5.41) is 4.87. The predicted molar refractivity (Wildman–Crippen MR) is 88.2 cm³/mol. The molecule has 25 heavy (non-hydrogen) atoms. The largest absolute Gasteiger partial charge is 0.444 e. The lowest BCUT2D eigenvalue weighted by Gasteiger charge is -2.27. The normalized spacial score (nSPS) is 16.0. The highest BCUT2D eigenvalue weighted by Crippen LogP contribution is 2.40. The summed E-state index contributed by atoms with van der Waals surface area (Å²) >= 11 is 0. The first kappa shape index (κ1) is 18.8. The number of hydrogen-bond donors (Lipinski definition) is 2. The molecule has 8 heteroatoms. The van der Waals surface area contributed by atoms with Crippen molar-refractivity contribution in [2.24, 2.45) is 0 Å². The molecule has 0 aliphatic heterocycles. The number of ether oxygens (including phenoxy) is 1. The van der Waals surface area contributed by atoms with Gasteiger partial charge in [-0.25, -0.2) is 4.79 Å². The van der Waals surface area contributed by atoms with Gasteiger partial charge >= 0.3 is 12.0 Å². The van der Waals surface area contributed by atoms with Crippen molar-refractivity contribution in [1.29, 1.82) is 0 Å². The van der Waals surface area contributed by atoms with Gasteiger partial charge in [-0.15, -0.1) is 0 Å². The first-order chi connectivity index (χ1) is 11.4. The van der Waals surface area contributed by atoms with E-state index in [1.165, 1.54) is 19.1 Å². The molecule has 0 bridgehead atoms. The maximum absolute atomic E-state index is 13.8. The lowest BCUT2D eigenvalue weighted by molar-refractivity contribution is -0.114. The number of nitrogens with one attached hydrogen (secondary N) is 2. The summed E-state index contributed by atoms with van der Waals surface area (Å²) in [5.74, 6) is -5.37. The Kier molecular flexibility index (Phi) is 4.83. The van der Waals surface area contributed by atoms with Crippen LogP contribution in [0.25, 0.3) is 0 Å². The zero-order valence-corrected chi connectivity index (χ0v) is 14.5. The highest BCUT2D eigenvalue weighted by molar-refractivity contribution is 6.11. The van der Waals surface area contributed by atoms with Crippen molar-refractivity contribution in [2.75, 3.05) is 10.6 Å². The number of hydrogen-bond acceptors (Lipinski definition) is 4. The smallest absolute Gasteiger partial charge is 0.412 e. The van der Waals surface area contributed by atoms with Gasteiger partial charge in [-0.1, -0.05) is 0 Å². The van der Waals surface area contributed by atoms with Crippen LogP contribution >= 0.6 is 0 Å². The average molecular weight is 354 g/mol. The number of alkyl halides is 2. The van der Waals surface area contributed by atoms with Gasteiger partial charge in [-0.3, -0.25) is 14.9 Å². The fraction of sp³-hybridized carbons (Fsp3) is 0.471. The van der Waals surface area contributed by atoms with Crippen molar-refractivity contribution in [3.8, 4) is 0 Å². The summed E-state index contributed by atoms with van der Waals surface area (Å²) in [5.41, 5.74) is -0.541. The monoisotopic (exact) mass is 354 g/mol. The van der Waals surface area contributed by atoms with Gasteiger partial charge in [0.2, 0.25) is 11.7 Å². The number of fused-ring (bicyclic) bond motifs is 1. The van der Waals surface area contributed by atoms with Crippen molar-refractivity contribution in [2.45, 2.75) is 52.1 Å². The third-order valence-corrected chi connectivity index (χ3v) is 3.51. The molecular weight excluding hydrogens is 334 g/mol. The van der Waals surface area contributed by atoms with E-state index < -0.39 is 35.7 Å². The van der Waals surface area contributed by atoms with Crippen LogP contribution in [0.3, 0.4) is 0 Å². The Hall–Kier alpha value is -2.51. The number of carbonyl (C=O) groups is 3. The molecule has 0 heterocycles. The van der Waals surface area contributed by atoms with E-state index in [0.717, 1.165) is 0 Å². The molecule has 0 saturated heterocycles. The summed E-state index contributed by atoms with van der Waals surface area (Å²) in [6, 6.07) is 2.76. The minimum atomic E-state index is -3.51. The first-order valence-electron chi connectivity index (χ1n) is 7.77. The summed E-state index contributed by atoms with van der Waals surface area (Å²) in [6.45, 7) is 6.27. The van der Waals surface area contributed by atoms with E-state index in [9.17, 15) is 23.2 Å². The third-order valence-electron chi connectivity index (χ3n) is 3.51. The highest BCUT2D eigenvalue weighted by atomic mass is 19.3. The number of amides is 2. The maximum Gasteiger partial charge on any atom is 0.412 e. The molecule has 0 unspecified atom stereocenters. The fourth-order valence-electron chi connectivity index (χ4n) is 2.57. The van der Waals surface area contributed by atoms with Crippen molar-refractivity contribution in [1.82, 2.24) is 0 Å². The van der Waals surface area contributed by atoms with Crippen molar-refractivity contribution in [3.05, 3.63) is 23.3 Å². The lowest BCUT2D eigenvalue weighted by atomic mass is 9.85. The molecule has 0 radical (unpaired) electrons. The molecule has 0 saturated carbocycles. The summed E-state index contributed by atoms with van der Waals surface area (Å²) in [6.07, 6.45) is -1.54. The topological polar surface area (TPSA) is 84.5 Å². The number of halogens is 2. The van der Waals surface area contributed by atoms with E-state index >= 15 is 0 Å². The zero-order valence-electron chi connectivity index (χ0n) is 14.5. The molecule has 1 aromatic rings. The number of benzene rings is 1. The van der Waals surface area contributed by atoms with E-state index in [1.54, 1.807) is 20.8 Å². The van der Waals surface area contributed by atoms with Crippen molar-refractivity contribution >= 4 is 29.2 Å². The summed E-state index contributed by atoms with van der Waals surface area (Å²) in [4.78, 5) is 35.4. The number of ketones is 1. The molecule has 1 aliphatic carbocycles. The van der Waals surface area contributed by atoms with Crippen LogP contribution in [-0.4, -0.2) is 29.3 Å². The average Bonchev–Trinajstić information content (AvgIpc) is 2.42. The van der Waals surface area contributed by atoms with Gasteiger partial charge in [0.25, 0.3) is 0 Å². The van der Waals surface area contributed by atoms with Crippen LogP contribution in [0, 0.1) is 0 Å². The molecule has 1 aliphatic rings. The van der Waals surface area contributed by atoms with Crippen molar-refractivity contribution in [3.63, 3.8) is 0 Å². The van der Waals surface area contributed by atoms with Gasteiger partial charge in [-0.05, 0) is 44.9 Å². The van der Waals surface area contributed by atoms with Gasteiger partial charge in [-0.2, -0.15) is 8.78 Å².